The molecule has 3 aromatic carbocycles. The van der Waals surface area contributed by atoms with Gasteiger partial charge in [-0.25, -0.2) is 4.98 Å². The smallest absolute Gasteiger partial charge is 0.230 e. The van der Waals surface area contributed by atoms with E-state index in [9.17, 15) is 5.11 Å². The number of aromatic hydroxyl groups is 1. The van der Waals surface area contributed by atoms with E-state index in [-0.39, 0.29) is 18.0 Å². The van der Waals surface area contributed by atoms with Crippen LogP contribution in [-0.2, 0) is 0 Å². The van der Waals surface area contributed by atoms with Crippen LogP contribution in [-0.4, -0.2) is 62.8 Å². The van der Waals surface area contributed by atoms with Crippen LogP contribution in [0.1, 0.15) is 39.5 Å². The van der Waals surface area contributed by atoms with E-state index in [1.54, 1.807) is 11.6 Å². The summed E-state index contributed by atoms with van der Waals surface area (Å²) in [4.78, 5) is 11.1. The molecule has 3 heterocycles. The van der Waals surface area contributed by atoms with Crippen molar-refractivity contribution in [3.8, 4) is 11.6 Å². The first kappa shape index (κ1) is 24.6. The van der Waals surface area contributed by atoms with Crippen molar-refractivity contribution in [3.05, 3.63) is 112 Å². The number of benzene rings is 3. The number of hydrogen-bond acceptors (Lipinski definition) is 7. The van der Waals surface area contributed by atoms with Crippen molar-refractivity contribution < 1.29 is 9.84 Å². The highest BCUT2D eigenvalue weighted by Crippen LogP contribution is 2.41. The molecular weight excluding hydrogens is 494 g/mol. The highest BCUT2D eigenvalue weighted by molar-refractivity contribution is 7.17. The van der Waals surface area contributed by atoms with Crippen LogP contribution in [0.25, 0.3) is 4.96 Å². The standard InChI is InChI=1S/C30H31N5O2S/c1-21-31-30-35(32-21)29(36)28(38-30)27(24-14-9-15-25(20-24)37-2)34-18-16-33(17-19-34)26(22-10-5-3-6-11-22)23-12-7-4-8-13-23/h3-15,20,26-27,36H,16-19H2,1-2H3. The summed E-state index contributed by atoms with van der Waals surface area (Å²) in [5, 5.41) is 15.6. The maximum atomic E-state index is 11.2. The summed E-state index contributed by atoms with van der Waals surface area (Å²) in [6.07, 6.45) is 0. The third-order valence-electron chi connectivity index (χ3n) is 7.27. The maximum Gasteiger partial charge on any atom is 0.230 e. The first-order valence-corrected chi connectivity index (χ1v) is 13.7. The summed E-state index contributed by atoms with van der Waals surface area (Å²) >= 11 is 1.50. The molecule has 1 unspecified atom stereocenters. The van der Waals surface area contributed by atoms with Gasteiger partial charge in [0, 0.05) is 26.2 Å². The van der Waals surface area contributed by atoms with Gasteiger partial charge in [-0.1, -0.05) is 84.1 Å². The predicted octanol–water partition coefficient (Wildman–Crippen LogP) is 5.31. The zero-order valence-corrected chi connectivity index (χ0v) is 22.4. The quantitative estimate of drug-likeness (QED) is 0.311. The monoisotopic (exact) mass is 525 g/mol. The molecule has 1 aliphatic rings. The van der Waals surface area contributed by atoms with E-state index in [4.69, 9.17) is 4.74 Å². The largest absolute Gasteiger partial charge is 0.497 e. The van der Waals surface area contributed by atoms with E-state index in [1.165, 1.54) is 22.5 Å². The van der Waals surface area contributed by atoms with Crippen molar-refractivity contribution >= 4 is 16.3 Å². The predicted molar refractivity (Wildman–Crippen MR) is 150 cm³/mol. The zero-order valence-electron chi connectivity index (χ0n) is 21.6. The van der Waals surface area contributed by atoms with E-state index >= 15 is 0 Å². The number of methoxy groups -OCH3 is 1. The van der Waals surface area contributed by atoms with Gasteiger partial charge >= 0.3 is 0 Å². The molecule has 1 saturated heterocycles. The molecule has 1 aliphatic heterocycles. The summed E-state index contributed by atoms with van der Waals surface area (Å²) in [5.74, 6) is 1.61. The second-order valence-electron chi connectivity index (χ2n) is 9.62. The van der Waals surface area contributed by atoms with Crippen molar-refractivity contribution in [1.82, 2.24) is 24.4 Å². The molecule has 0 spiro atoms. The third kappa shape index (κ3) is 4.67. The maximum absolute atomic E-state index is 11.2. The van der Waals surface area contributed by atoms with Gasteiger partial charge in [0.25, 0.3) is 0 Å². The topological polar surface area (TPSA) is 66.1 Å². The lowest BCUT2D eigenvalue weighted by atomic mass is 9.96. The minimum Gasteiger partial charge on any atom is -0.497 e. The number of ether oxygens (including phenoxy) is 1. The molecule has 194 valence electrons. The molecule has 5 aromatic rings. The molecule has 0 saturated carbocycles. The minimum absolute atomic E-state index is 0.132. The molecule has 2 aromatic heterocycles. The Morgan fingerprint density at radius 3 is 1.95 bits per heavy atom. The Morgan fingerprint density at radius 1 is 0.789 bits per heavy atom. The highest BCUT2D eigenvalue weighted by Gasteiger charge is 2.34. The molecule has 38 heavy (non-hydrogen) atoms. The molecule has 0 aliphatic carbocycles. The first-order chi connectivity index (χ1) is 18.6. The molecule has 6 rings (SSSR count). The van der Waals surface area contributed by atoms with Crippen molar-refractivity contribution in [2.75, 3.05) is 33.3 Å². The normalized spacial score (nSPS) is 15.8. The molecule has 8 heteroatoms. The Balaban J connectivity index is 1.33. The van der Waals surface area contributed by atoms with Gasteiger partial charge in [-0.3, -0.25) is 9.80 Å². The number of aromatic nitrogens is 3. The summed E-state index contributed by atoms with van der Waals surface area (Å²) in [6.45, 7) is 5.34. The second kappa shape index (κ2) is 10.6. The van der Waals surface area contributed by atoms with Crippen LogP contribution in [0.15, 0.2) is 84.9 Å². The SMILES string of the molecule is COc1cccc(C(c2sc3nc(C)nn3c2O)N2CCN(C(c3ccccc3)c3ccccc3)CC2)c1. The van der Waals surface area contributed by atoms with E-state index in [0.29, 0.717) is 10.8 Å². The molecule has 1 fully saturated rings. The molecule has 1 N–H and O–H groups in total. The molecule has 1 atom stereocenters. The number of hydrogen-bond donors (Lipinski definition) is 1. The van der Waals surface area contributed by atoms with E-state index in [1.807, 2.05) is 19.1 Å². The fraction of sp³-hybridized carbons (Fsp3) is 0.267. The van der Waals surface area contributed by atoms with Gasteiger partial charge in [0.2, 0.25) is 10.8 Å². The third-order valence-corrected chi connectivity index (χ3v) is 8.35. The van der Waals surface area contributed by atoms with Gasteiger partial charge < -0.3 is 9.84 Å². The molecule has 7 nitrogen and oxygen atoms in total. The van der Waals surface area contributed by atoms with E-state index < -0.39 is 0 Å². The van der Waals surface area contributed by atoms with Gasteiger partial charge in [0.05, 0.1) is 24.1 Å². The number of aryl methyl sites for hydroxylation is 1. The van der Waals surface area contributed by atoms with Crippen LogP contribution in [0.5, 0.6) is 11.6 Å². The van der Waals surface area contributed by atoms with Crippen molar-refractivity contribution in [2.24, 2.45) is 0 Å². The summed E-state index contributed by atoms with van der Waals surface area (Å²) < 4.78 is 7.10. The van der Waals surface area contributed by atoms with Gasteiger partial charge in [0.15, 0.2) is 0 Å². The average Bonchev–Trinajstić information content (AvgIpc) is 3.47. The first-order valence-electron chi connectivity index (χ1n) is 12.9. The zero-order chi connectivity index (χ0) is 26.1. The van der Waals surface area contributed by atoms with Crippen molar-refractivity contribution in [2.45, 2.75) is 19.0 Å². The van der Waals surface area contributed by atoms with Gasteiger partial charge in [-0.05, 0) is 35.7 Å². The highest BCUT2D eigenvalue weighted by atomic mass is 32.1. The van der Waals surface area contributed by atoms with Gasteiger partial charge in [-0.15, -0.1) is 5.10 Å². The van der Waals surface area contributed by atoms with Crippen LogP contribution in [0.2, 0.25) is 0 Å². The number of piperazine rings is 1. The number of nitrogens with zero attached hydrogens (tertiary/aromatic N) is 5. The van der Waals surface area contributed by atoms with Crippen molar-refractivity contribution in [1.29, 1.82) is 0 Å². The summed E-state index contributed by atoms with van der Waals surface area (Å²) in [7, 11) is 1.68. The average molecular weight is 526 g/mol. The van der Waals surface area contributed by atoms with Crippen LogP contribution in [0.4, 0.5) is 0 Å². The Morgan fingerprint density at radius 2 is 1.37 bits per heavy atom. The van der Waals surface area contributed by atoms with Crippen LogP contribution < -0.4 is 4.74 Å². The van der Waals surface area contributed by atoms with E-state index in [2.05, 4.69) is 92.7 Å². The fourth-order valence-corrected chi connectivity index (χ4v) is 6.67. The van der Waals surface area contributed by atoms with Crippen molar-refractivity contribution in [3.63, 3.8) is 0 Å². The Labute approximate surface area is 226 Å². The lowest BCUT2D eigenvalue weighted by Crippen LogP contribution is -2.49. The molecular formula is C30H31N5O2S. The van der Waals surface area contributed by atoms with Crippen LogP contribution in [0.3, 0.4) is 0 Å². The Kier molecular flexibility index (Phi) is 6.84. The van der Waals surface area contributed by atoms with Gasteiger partial charge in [0.1, 0.15) is 11.6 Å². The summed E-state index contributed by atoms with van der Waals surface area (Å²) in [5.41, 5.74) is 3.68. The number of rotatable bonds is 7. The Bertz CT molecular complexity index is 1470. The number of fused-ring (bicyclic) bond motifs is 1. The van der Waals surface area contributed by atoms with Gasteiger partial charge in [-0.2, -0.15) is 4.52 Å². The van der Waals surface area contributed by atoms with E-state index in [0.717, 1.165) is 42.4 Å². The van der Waals surface area contributed by atoms with Crippen LogP contribution >= 0.6 is 11.3 Å². The molecule has 0 radical (unpaired) electrons. The minimum atomic E-state index is -0.132. The van der Waals surface area contributed by atoms with Crippen LogP contribution in [0, 0.1) is 6.92 Å². The fourth-order valence-electron chi connectivity index (χ4n) is 5.50. The Hall–Kier alpha value is -3.72. The summed E-state index contributed by atoms with van der Waals surface area (Å²) in [6, 6.07) is 29.7. The lowest BCUT2D eigenvalue weighted by molar-refractivity contribution is 0.0899. The lowest BCUT2D eigenvalue weighted by Gasteiger charge is -2.42. The molecule has 0 amide bonds. The number of thiazole rings is 1. The second-order valence-corrected chi connectivity index (χ2v) is 10.6. The molecule has 0 bridgehead atoms.